The van der Waals surface area contributed by atoms with Crippen molar-refractivity contribution in [1.82, 2.24) is 14.8 Å². The lowest BCUT2D eigenvalue weighted by atomic mass is 10.2. The molecule has 1 atom stereocenters. The molecule has 1 heterocycles. The van der Waals surface area contributed by atoms with Gasteiger partial charge in [-0.05, 0) is 6.42 Å². The Labute approximate surface area is 65.5 Å². The summed E-state index contributed by atoms with van der Waals surface area (Å²) in [4.78, 5) is 3.82. The van der Waals surface area contributed by atoms with Crippen molar-refractivity contribution < 1.29 is 0 Å². The first kappa shape index (κ1) is 7.73. The van der Waals surface area contributed by atoms with Crippen LogP contribution in [-0.2, 0) is 0 Å². The molecule has 4 heteroatoms. The van der Waals surface area contributed by atoms with Crippen molar-refractivity contribution in [3.63, 3.8) is 0 Å². The average molecular weight is 150 g/mol. The van der Waals surface area contributed by atoms with Crippen molar-refractivity contribution in [2.24, 2.45) is 0 Å². The van der Waals surface area contributed by atoms with E-state index in [0.29, 0.717) is 6.42 Å². The fraction of sp³-hybridized carbons (Fsp3) is 0.571. The third-order valence-electron chi connectivity index (χ3n) is 1.61. The smallest absolute Gasteiger partial charge is 0.137 e. The van der Waals surface area contributed by atoms with E-state index in [4.69, 9.17) is 5.26 Å². The Morgan fingerprint density at radius 3 is 3.00 bits per heavy atom. The van der Waals surface area contributed by atoms with Crippen molar-refractivity contribution >= 4 is 0 Å². The maximum Gasteiger partial charge on any atom is 0.137 e. The van der Waals surface area contributed by atoms with Gasteiger partial charge in [-0.25, -0.2) is 9.67 Å². The third kappa shape index (κ3) is 1.77. The minimum Gasteiger partial charge on any atom is -0.249 e. The van der Waals surface area contributed by atoms with Crippen LogP contribution in [0.3, 0.4) is 0 Å². The van der Waals surface area contributed by atoms with Gasteiger partial charge in [-0.1, -0.05) is 6.92 Å². The molecule has 0 aliphatic heterocycles. The van der Waals surface area contributed by atoms with Gasteiger partial charge in [0.05, 0.1) is 18.5 Å². The van der Waals surface area contributed by atoms with Crippen LogP contribution >= 0.6 is 0 Å². The molecule has 58 valence electrons. The predicted molar refractivity (Wildman–Crippen MR) is 39.6 cm³/mol. The second-order valence-electron chi connectivity index (χ2n) is 2.30. The minimum absolute atomic E-state index is 0.183. The van der Waals surface area contributed by atoms with E-state index in [2.05, 4.69) is 16.2 Å². The van der Waals surface area contributed by atoms with Crippen LogP contribution in [0.25, 0.3) is 0 Å². The van der Waals surface area contributed by atoms with Crippen molar-refractivity contribution in [2.75, 3.05) is 0 Å². The summed E-state index contributed by atoms with van der Waals surface area (Å²) in [7, 11) is 0. The van der Waals surface area contributed by atoms with Crippen LogP contribution in [0, 0.1) is 11.3 Å². The molecular formula is C7H10N4. The van der Waals surface area contributed by atoms with Crippen LogP contribution in [0.1, 0.15) is 25.8 Å². The molecule has 1 aromatic rings. The van der Waals surface area contributed by atoms with Gasteiger partial charge < -0.3 is 0 Å². The molecule has 0 aliphatic carbocycles. The average Bonchev–Trinajstić information content (AvgIpc) is 2.52. The number of rotatable bonds is 3. The van der Waals surface area contributed by atoms with Gasteiger partial charge in [-0.15, -0.1) is 0 Å². The van der Waals surface area contributed by atoms with Gasteiger partial charge in [0.2, 0.25) is 0 Å². The van der Waals surface area contributed by atoms with Crippen LogP contribution in [0.4, 0.5) is 0 Å². The van der Waals surface area contributed by atoms with E-state index >= 15 is 0 Å². The van der Waals surface area contributed by atoms with E-state index in [1.165, 1.54) is 6.33 Å². The van der Waals surface area contributed by atoms with E-state index < -0.39 is 0 Å². The van der Waals surface area contributed by atoms with Gasteiger partial charge in [-0.3, -0.25) is 0 Å². The highest BCUT2D eigenvalue weighted by Gasteiger charge is 2.06. The van der Waals surface area contributed by atoms with Crippen molar-refractivity contribution in [3.05, 3.63) is 12.7 Å². The molecule has 0 aromatic carbocycles. The zero-order valence-electron chi connectivity index (χ0n) is 6.44. The summed E-state index contributed by atoms with van der Waals surface area (Å²) in [5, 5.41) is 12.4. The summed E-state index contributed by atoms with van der Waals surface area (Å²) in [6.07, 6.45) is 4.54. The van der Waals surface area contributed by atoms with Crippen LogP contribution in [-0.4, -0.2) is 14.8 Å². The molecular weight excluding hydrogens is 140 g/mol. The summed E-state index contributed by atoms with van der Waals surface area (Å²) in [5.74, 6) is 0. The van der Waals surface area contributed by atoms with Crippen LogP contribution < -0.4 is 0 Å². The lowest BCUT2D eigenvalue weighted by Crippen LogP contribution is -2.07. The molecule has 11 heavy (non-hydrogen) atoms. The molecule has 0 saturated carbocycles. The molecule has 0 aliphatic rings. The monoisotopic (exact) mass is 150 g/mol. The number of aromatic nitrogens is 3. The van der Waals surface area contributed by atoms with Crippen molar-refractivity contribution in [1.29, 1.82) is 5.26 Å². The van der Waals surface area contributed by atoms with E-state index in [1.54, 1.807) is 11.0 Å². The Kier molecular flexibility index (Phi) is 2.61. The van der Waals surface area contributed by atoms with E-state index in [-0.39, 0.29) is 6.04 Å². The summed E-state index contributed by atoms with van der Waals surface area (Å²) in [5.41, 5.74) is 0. The Balaban J connectivity index is 2.65. The third-order valence-corrected chi connectivity index (χ3v) is 1.61. The second-order valence-corrected chi connectivity index (χ2v) is 2.30. The first-order valence-electron chi connectivity index (χ1n) is 3.59. The van der Waals surface area contributed by atoms with Crippen LogP contribution in [0.5, 0.6) is 0 Å². The Morgan fingerprint density at radius 2 is 2.55 bits per heavy atom. The summed E-state index contributed by atoms with van der Waals surface area (Å²) in [6, 6.07) is 2.30. The SMILES string of the molecule is CCC(CC#N)n1cncn1. The summed E-state index contributed by atoms with van der Waals surface area (Å²) < 4.78 is 1.73. The normalized spacial score (nSPS) is 12.4. The Bertz CT molecular complexity index is 233. The molecule has 0 bridgehead atoms. The van der Waals surface area contributed by atoms with E-state index in [0.717, 1.165) is 6.42 Å². The molecule has 1 unspecified atom stereocenters. The molecule has 0 amide bonds. The lowest BCUT2D eigenvalue weighted by molar-refractivity contribution is 0.447. The molecule has 0 saturated heterocycles. The second kappa shape index (κ2) is 3.71. The molecule has 0 spiro atoms. The fourth-order valence-electron chi connectivity index (χ4n) is 0.936. The van der Waals surface area contributed by atoms with E-state index in [1.807, 2.05) is 6.92 Å². The Morgan fingerprint density at radius 1 is 1.73 bits per heavy atom. The standard InChI is InChI=1S/C7H10N4/c1-2-7(3-4-8)11-6-9-5-10-11/h5-7H,2-3H2,1H3. The maximum absolute atomic E-state index is 8.46. The van der Waals surface area contributed by atoms with Crippen LogP contribution in [0.2, 0.25) is 0 Å². The molecule has 0 fully saturated rings. The molecule has 0 N–H and O–H groups in total. The van der Waals surface area contributed by atoms with Gasteiger partial charge in [0.1, 0.15) is 12.7 Å². The summed E-state index contributed by atoms with van der Waals surface area (Å²) in [6.45, 7) is 2.03. The number of nitriles is 1. The zero-order valence-corrected chi connectivity index (χ0v) is 6.44. The van der Waals surface area contributed by atoms with Crippen LogP contribution in [0.15, 0.2) is 12.7 Å². The molecule has 0 radical (unpaired) electrons. The first-order chi connectivity index (χ1) is 5.38. The largest absolute Gasteiger partial charge is 0.249 e. The fourth-order valence-corrected chi connectivity index (χ4v) is 0.936. The van der Waals surface area contributed by atoms with Gasteiger partial charge >= 0.3 is 0 Å². The molecule has 4 nitrogen and oxygen atoms in total. The number of hydrogen-bond donors (Lipinski definition) is 0. The number of hydrogen-bond acceptors (Lipinski definition) is 3. The first-order valence-corrected chi connectivity index (χ1v) is 3.59. The predicted octanol–water partition coefficient (Wildman–Crippen LogP) is 1.14. The topological polar surface area (TPSA) is 54.5 Å². The van der Waals surface area contributed by atoms with Gasteiger partial charge in [0.25, 0.3) is 0 Å². The minimum atomic E-state index is 0.183. The highest BCUT2D eigenvalue weighted by Crippen LogP contribution is 2.11. The molecule has 1 rings (SSSR count). The number of nitrogens with zero attached hydrogens (tertiary/aromatic N) is 4. The summed E-state index contributed by atoms with van der Waals surface area (Å²) >= 11 is 0. The van der Waals surface area contributed by atoms with Crippen molar-refractivity contribution in [2.45, 2.75) is 25.8 Å². The zero-order chi connectivity index (χ0) is 8.10. The van der Waals surface area contributed by atoms with Crippen molar-refractivity contribution in [3.8, 4) is 6.07 Å². The van der Waals surface area contributed by atoms with Gasteiger partial charge in [-0.2, -0.15) is 10.4 Å². The molecule has 1 aromatic heterocycles. The Hall–Kier alpha value is -1.37. The van der Waals surface area contributed by atoms with Gasteiger partial charge in [0, 0.05) is 0 Å². The highest BCUT2D eigenvalue weighted by atomic mass is 15.3. The quantitative estimate of drug-likeness (QED) is 0.649. The van der Waals surface area contributed by atoms with Gasteiger partial charge in [0.15, 0.2) is 0 Å². The maximum atomic E-state index is 8.46. The highest BCUT2D eigenvalue weighted by molar-refractivity contribution is 4.79. The van der Waals surface area contributed by atoms with E-state index in [9.17, 15) is 0 Å². The lowest BCUT2D eigenvalue weighted by Gasteiger charge is -2.09.